The number of rotatable bonds is 2. The summed E-state index contributed by atoms with van der Waals surface area (Å²) in [5.41, 5.74) is 5.66. The summed E-state index contributed by atoms with van der Waals surface area (Å²) in [7, 11) is 0. The van der Waals surface area contributed by atoms with Crippen LogP contribution in [0.4, 0.5) is 0 Å². The number of H-pyrrole nitrogens is 1. The predicted octanol–water partition coefficient (Wildman–Crippen LogP) is 9.51. The topological polar surface area (TPSA) is 81.1 Å². The van der Waals surface area contributed by atoms with Gasteiger partial charge in [0.15, 0.2) is 11.5 Å². The average molecular weight is 673 g/mol. The van der Waals surface area contributed by atoms with E-state index >= 15 is 0 Å². The number of hydrogen-bond acceptors (Lipinski definition) is 4. The van der Waals surface area contributed by atoms with Gasteiger partial charge < -0.3 is 13.8 Å². The molecule has 0 aliphatic rings. The third-order valence-electron chi connectivity index (χ3n) is 5.81. The second-order valence-corrected chi connectivity index (χ2v) is 11.1. The Bertz CT molecular complexity index is 1760. The molecule has 1 N–H and O–H groups in total. The molecule has 0 spiro atoms. The number of halogens is 3. The van der Waals surface area contributed by atoms with Crippen molar-refractivity contribution in [2.75, 3.05) is 0 Å². The summed E-state index contributed by atoms with van der Waals surface area (Å²) in [4.78, 5) is 26.4. The normalized spacial score (nSPS) is 10.6. The zero-order valence-corrected chi connectivity index (χ0v) is 25.6. The Morgan fingerprint density at radius 2 is 1.15 bits per heavy atom. The van der Waals surface area contributed by atoms with Crippen molar-refractivity contribution >= 4 is 76.5 Å². The van der Waals surface area contributed by atoms with Gasteiger partial charge in [-0.2, -0.15) is 0 Å². The van der Waals surface area contributed by atoms with E-state index in [2.05, 4.69) is 49.0 Å². The number of carbonyl (C=O) groups excluding carboxylic acids is 2. The highest BCUT2D eigenvalue weighted by atomic mass is 79.9. The summed E-state index contributed by atoms with van der Waals surface area (Å²) in [6, 6.07) is 22.5. The summed E-state index contributed by atoms with van der Waals surface area (Å²) in [5, 5.41) is 1.20. The lowest BCUT2D eigenvalue weighted by molar-refractivity contribution is 0.0930. The van der Waals surface area contributed by atoms with E-state index in [0.717, 1.165) is 31.1 Å². The van der Waals surface area contributed by atoms with Crippen molar-refractivity contribution in [1.82, 2.24) is 9.55 Å². The predicted molar refractivity (Wildman–Crippen MR) is 162 cm³/mol. The van der Waals surface area contributed by atoms with E-state index < -0.39 is 5.24 Å². The Morgan fingerprint density at radius 1 is 0.692 bits per heavy atom. The van der Waals surface area contributed by atoms with Crippen LogP contribution in [-0.2, 0) is 0 Å². The molecule has 0 aliphatic carbocycles. The summed E-state index contributed by atoms with van der Waals surface area (Å²) >= 11 is 12.0. The van der Waals surface area contributed by atoms with Crippen molar-refractivity contribution < 1.29 is 18.4 Å². The van der Waals surface area contributed by atoms with Gasteiger partial charge >= 0.3 is 0 Å². The van der Waals surface area contributed by atoms with Crippen LogP contribution in [0.25, 0.3) is 21.9 Å². The molecule has 0 amide bonds. The number of aromatic nitrogens is 2. The minimum atomic E-state index is -0.577. The zero-order valence-electron chi connectivity index (χ0n) is 21.6. The van der Waals surface area contributed by atoms with Crippen LogP contribution in [-0.4, -0.2) is 20.7 Å². The molecule has 2 aromatic carbocycles. The Labute approximate surface area is 247 Å². The number of aryl methyl sites for hydroxylation is 4. The maximum atomic E-state index is 12.5. The van der Waals surface area contributed by atoms with Crippen molar-refractivity contribution in [2.24, 2.45) is 0 Å². The molecule has 0 radical (unpaired) electrons. The van der Waals surface area contributed by atoms with Crippen LogP contribution in [0.1, 0.15) is 43.9 Å². The molecule has 39 heavy (non-hydrogen) atoms. The first-order chi connectivity index (χ1) is 18.5. The molecular formula is C30H25Br2ClN2O4. The Balaban J connectivity index is 0.000000152. The van der Waals surface area contributed by atoms with Gasteiger partial charge in [-0.05, 0) is 112 Å². The van der Waals surface area contributed by atoms with Crippen LogP contribution in [0.15, 0.2) is 90.6 Å². The molecule has 200 valence electrons. The van der Waals surface area contributed by atoms with Gasteiger partial charge in [0.1, 0.15) is 11.2 Å². The van der Waals surface area contributed by atoms with E-state index in [-0.39, 0.29) is 11.7 Å². The van der Waals surface area contributed by atoms with E-state index in [0.29, 0.717) is 16.9 Å². The number of hydrogen-bond donors (Lipinski definition) is 1. The monoisotopic (exact) mass is 670 g/mol. The molecule has 0 unspecified atom stereocenters. The summed E-state index contributed by atoms with van der Waals surface area (Å²) < 4.78 is 14.4. The summed E-state index contributed by atoms with van der Waals surface area (Å²) in [6.45, 7) is 7.91. The van der Waals surface area contributed by atoms with Crippen LogP contribution < -0.4 is 0 Å². The number of aromatic amines is 1. The van der Waals surface area contributed by atoms with E-state index in [1.54, 1.807) is 22.8 Å². The number of fused-ring (bicyclic) bond motifs is 2. The fraction of sp³-hybridized carbons (Fsp3) is 0.133. The van der Waals surface area contributed by atoms with Crippen LogP contribution in [0, 0.1) is 27.7 Å². The molecule has 6 aromatic rings. The maximum Gasteiger partial charge on any atom is 0.298 e. The van der Waals surface area contributed by atoms with Crippen molar-refractivity contribution in [3.8, 4) is 0 Å². The third kappa shape index (κ3) is 7.01. The van der Waals surface area contributed by atoms with Crippen molar-refractivity contribution in [3.05, 3.63) is 116 Å². The standard InChI is InChI=1S/C15H12BrNO2.C9H4BrClO2.C6H9N/c1-9-3-4-10(2)17(9)15(18)14-8-11-7-12(16)5-6-13(11)19-14;10-6-1-2-7-5(3-6)4-8(13-7)9(11)12;1-5-3-4-6(2)7-5/h3-8H,1-2H3;1-4H;3-4,7H,1-2H3. The molecule has 0 atom stereocenters. The Hall–Kier alpha value is -3.33. The lowest BCUT2D eigenvalue weighted by Gasteiger charge is -2.04. The van der Waals surface area contributed by atoms with Gasteiger partial charge in [0, 0.05) is 42.5 Å². The maximum absolute atomic E-state index is 12.5. The summed E-state index contributed by atoms with van der Waals surface area (Å²) in [5.74, 6) is 0.401. The average Bonchev–Trinajstić information content (AvgIpc) is 3.66. The Morgan fingerprint density at radius 3 is 1.59 bits per heavy atom. The lowest BCUT2D eigenvalue weighted by Crippen LogP contribution is -2.13. The molecule has 0 fully saturated rings. The first-order valence-corrected chi connectivity index (χ1v) is 13.9. The SMILES string of the molecule is Cc1ccc(C)[nH]1.Cc1ccc(C)n1C(=O)c1cc2cc(Br)ccc2o1.O=C(Cl)c1cc2cc(Br)ccc2o1. The van der Waals surface area contributed by atoms with Gasteiger partial charge in [-0.25, -0.2) is 0 Å². The first kappa shape index (κ1) is 28.7. The van der Waals surface area contributed by atoms with Crippen LogP contribution in [0.2, 0.25) is 0 Å². The lowest BCUT2D eigenvalue weighted by atomic mass is 10.2. The number of benzene rings is 2. The molecule has 0 saturated carbocycles. The Kier molecular flexibility index (Phi) is 9.00. The van der Waals surface area contributed by atoms with Crippen LogP contribution in [0.5, 0.6) is 0 Å². The zero-order chi connectivity index (χ0) is 28.3. The van der Waals surface area contributed by atoms with E-state index in [1.807, 2.05) is 70.2 Å². The van der Waals surface area contributed by atoms with Gasteiger partial charge in [0.05, 0.1) is 0 Å². The highest BCUT2D eigenvalue weighted by Crippen LogP contribution is 2.25. The van der Waals surface area contributed by atoms with E-state index in [4.69, 9.17) is 20.4 Å². The van der Waals surface area contributed by atoms with Crippen molar-refractivity contribution in [2.45, 2.75) is 27.7 Å². The molecule has 0 saturated heterocycles. The molecule has 6 nitrogen and oxygen atoms in total. The molecule has 9 heteroatoms. The van der Waals surface area contributed by atoms with Gasteiger partial charge in [-0.3, -0.25) is 14.2 Å². The largest absolute Gasteiger partial charge is 0.452 e. The quantitative estimate of drug-likeness (QED) is 0.186. The van der Waals surface area contributed by atoms with Gasteiger partial charge in [0.25, 0.3) is 11.1 Å². The van der Waals surface area contributed by atoms with Gasteiger partial charge in [-0.1, -0.05) is 31.9 Å². The fourth-order valence-electron chi connectivity index (χ4n) is 3.97. The van der Waals surface area contributed by atoms with Crippen LogP contribution >= 0.6 is 43.5 Å². The second kappa shape index (κ2) is 12.2. The molecule has 4 heterocycles. The van der Waals surface area contributed by atoms with Crippen LogP contribution in [0.3, 0.4) is 0 Å². The minimum Gasteiger partial charge on any atom is -0.452 e. The smallest absolute Gasteiger partial charge is 0.298 e. The second-order valence-electron chi connectivity index (χ2n) is 8.94. The van der Waals surface area contributed by atoms with Gasteiger partial charge in [-0.15, -0.1) is 0 Å². The minimum absolute atomic E-state index is 0.132. The highest BCUT2D eigenvalue weighted by molar-refractivity contribution is 9.10. The molecule has 4 aromatic heterocycles. The fourth-order valence-corrected chi connectivity index (χ4v) is 4.82. The number of nitrogens with one attached hydrogen (secondary N) is 1. The van der Waals surface area contributed by atoms with Crippen molar-refractivity contribution in [3.63, 3.8) is 0 Å². The molecule has 6 rings (SSSR count). The van der Waals surface area contributed by atoms with Crippen molar-refractivity contribution in [1.29, 1.82) is 0 Å². The molecule has 0 aliphatic heterocycles. The highest BCUT2D eigenvalue weighted by Gasteiger charge is 2.17. The first-order valence-electron chi connectivity index (χ1n) is 11.9. The molecular weight excluding hydrogens is 648 g/mol. The van der Waals surface area contributed by atoms with Gasteiger partial charge in [0.2, 0.25) is 0 Å². The molecule has 0 bridgehead atoms. The number of furan rings is 2. The summed E-state index contributed by atoms with van der Waals surface area (Å²) in [6.07, 6.45) is 0. The van der Waals surface area contributed by atoms with E-state index in [1.165, 1.54) is 11.4 Å². The van der Waals surface area contributed by atoms with E-state index in [9.17, 15) is 9.59 Å². The third-order valence-corrected chi connectivity index (χ3v) is 6.99. The number of carbonyl (C=O) groups is 2. The number of nitrogens with zero attached hydrogens (tertiary/aromatic N) is 1.